The molecule has 20 heavy (non-hydrogen) atoms. The highest BCUT2D eigenvalue weighted by Crippen LogP contribution is 2.20. The van der Waals surface area contributed by atoms with Crippen molar-refractivity contribution in [1.82, 2.24) is 9.80 Å². The van der Waals surface area contributed by atoms with Gasteiger partial charge in [-0.15, -0.1) is 0 Å². The smallest absolute Gasteiger partial charge is 0.122 e. The summed E-state index contributed by atoms with van der Waals surface area (Å²) >= 11 is 0. The summed E-state index contributed by atoms with van der Waals surface area (Å²) in [5.41, 5.74) is 2.51. The lowest BCUT2D eigenvalue weighted by molar-refractivity contribution is 0.101. The number of β-amino-alcohol motifs (C(OH)–C–C–N with tert-alkyl or cyclic N) is 1. The number of aryl methyl sites for hydroxylation is 1. The number of hydrogen-bond acceptors (Lipinski definition) is 4. The van der Waals surface area contributed by atoms with Crippen LogP contribution in [0.2, 0.25) is 0 Å². The number of aliphatic hydroxyl groups excluding tert-OH is 1. The second-order valence-electron chi connectivity index (χ2n) is 5.45. The maximum absolute atomic E-state index is 8.92. The van der Waals surface area contributed by atoms with Gasteiger partial charge in [0, 0.05) is 39.3 Å². The van der Waals surface area contributed by atoms with Crippen molar-refractivity contribution in [2.75, 3.05) is 52.5 Å². The van der Waals surface area contributed by atoms with Crippen molar-refractivity contribution in [3.63, 3.8) is 0 Å². The van der Waals surface area contributed by atoms with Crippen LogP contribution in [0.1, 0.15) is 11.1 Å². The van der Waals surface area contributed by atoms with Gasteiger partial charge in [-0.2, -0.15) is 0 Å². The van der Waals surface area contributed by atoms with E-state index in [1.807, 2.05) is 12.1 Å². The topological polar surface area (TPSA) is 35.9 Å². The standard InChI is InChI=1S/C16H26N2O2/c1-14-4-3-5-16(15(14)2)20-13-11-18-8-6-17(7-9-18)10-12-19/h3-5,19H,6-13H2,1-2H3. The Morgan fingerprint density at radius 3 is 2.35 bits per heavy atom. The molecule has 0 unspecified atom stereocenters. The maximum atomic E-state index is 8.92. The first-order chi connectivity index (χ1) is 9.70. The van der Waals surface area contributed by atoms with E-state index in [2.05, 4.69) is 29.7 Å². The number of rotatable bonds is 6. The second kappa shape index (κ2) is 7.62. The van der Waals surface area contributed by atoms with Crippen molar-refractivity contribution in [1.29, 1.82) is 0 Å². The van der Waals surface area contributed by atoms with E-state index in [4.69, 9.17) is 9.84 Å². The van der Waals surface area contributed by atoms with Crippen LogP contribution >= 0.6 is 0 Å². The van der Waals surface area contributed by atoms with Gasteiger partial charge in [-0.1, -0.05) is 12.1 Å². The van der Waals surface area contributed by atoms with Crippen LogP contribution in [0.25, 0.3) is 0 Å². The van der Waals surface area contributed by atoms with E-state index in [9.17, 15) is 0 Å². The fourth-order valence-corrected chi connectivity index (χ4v) is 2.54. The Hall–Kier alpha value is -1.10. The van der Waals surface area contributed by atoms with E-state index >= 15 is 0 Å². The minimum atomic E-state index is 0.260. The number of piperazine rings is 1. The molecule has 1 aromatic carbocycles. The third kappa shape index (κ3) is 4.20. The molecule has 1 aromatic rings. The Morgan fingerprint density at radius 2 is 1.70 bits per heavy atom. The van der Waals surface area contributed by atoms with Crippen LogP contribution in [0.3, 0.4) is 0 Å². The quantitative estimate of drug-likeness (QED) is 0.851. The highest BCUT2D eigenvalue weighted by atomic mass is 16.5. The molecule has 4 heteroatoms. The third-order valence-electron chi connectivity index (χ3n) is 4.10. The van der Waals surface area contributed by atoms with Gasteiger partial charge in [0.25, 0.3) is 0 Å². The number of benzene rings is 1. The third-order valence-corrected chi connectivity index (χ3v) is 4.10. The van der Waals surface area contributed by atoms with Crippen LogP contribution in [-0.2, 0) is 0 Å². The molecule has 1 saturated heterocycles. The normalized spacial score (nSPS) is 17.4. The summed E-state index contributed by atoms with van der Waals surface area (Å²) in [5, 5.41) is 8.92. The van der Waals surface area contributed by atoms with E-state index in [1.54, 1.807) is 0 Å². The minimum Gasteiger partial charge on any atom is -0.492 e. The Balaban J connectivity index is 1.70. The van der Waals surface area contributed by atoms with Crippen LogP contribution in [0, 0.1) is 13.8 Å². The molecular formula is C16H26N2O2. The van der Waals surface area contributed by atoms with Crippen LogP contribution in [0.5, 0.6) is 5.75 Å². The zero-order chi connectivity index (χ0) is 14.4. The lowest BCUT2D eigenvalue weighted by Gasteiger charge is -2.34. The number of nitrogens with zero attached hydrogens (tertiary/aromatic N) is 2. The Labute approximate surface area is 122 Å². The van der Waals surface area contributed by atoms with Crippen molar-refractivity contribution < 1.29 is 9.84 Å². The summed E-state index contributed by atoms with van der Waals surface area (Å²) in [4.78, 5) is 4.74. The first-order valence-corrected chi connectivity index (χ1v) is 7.45. The summed E-state index contributed by atoms with van der Waals surface area (Å²) in [6.45, 7) is 11.2. The van der Waals surface area contributed by atoms with E-state index < -0.39 is 0 Å². The largest absolute Gasteiger partial charge is 0.492 e. The molecular weight excluding hydrogens is 252 g/mol. The number of ether oxygens (including phenoxy) is 1. The zero-order valence-electron chi connectivity index (χ0n) is 12.6. The summed E-state index contributed by atoms with van der Waals surface area (Å²) < 4.78 is 5.90. The SMILES string of the molecule is Cc1cccc(OCCN2CCN(CCO)CC2)c1C. The van der Waals surface area contributed by atoms with Gasteiger partial charge in [0.1, 0.15) is 12.4 Å². The van der Waals surface area contributed by atoms with E-state index in [1.165, 1.54) is 11.1 Å². The average molecular weight is 278 g/mol. The fourth-order valence-electron chi connectivity index (χ4n) is 2.54. The van der Waals surface area contributed by atoms with Gasteiger partial charge in [0.05, 0.1) is 6.61 Å². The van der Waals surface area contributed by atoms with Gasteiger partial charge in [-0.3, -0.25) is 9.80 Å². The first-order valence-electron chi connectivity index (χ1n) is 7.45. The van der Waals surface area contributed by atoms with Gasteiger partial charge >= 0.3 is 0 Å². The summed E-state index contributed by atoms with van der Waals surface area (Å²) in [7, 11) is 0. The Morgan fingerprint density at radius 1 is 1.05 bits per heavy atom. The predicted molar refractivity (Wildman–Crippen MR) is 81.4 cm³/mol. The molecule has 0 bridgehead atoms. The highest BCUT2D eigenvalue weighted by molar-refractivity contribution is 5.38. The molecule has 1 aliphatic heterocycles. The van der Waals surface area contributed by atoms with Crippen LogP contribution in [0.4, 0.5) is 0 Å². The van der Waals surface area contributed by atoms with Crippen LogP contribution in [-0.4, -0.2) is 67.4 Å². The van der Waals surface area contributed by atoms with Gasteiger partial charge in [-0.05, 0) is 31.0 Å². The predicted octanol–water partition coefficient (Wildman–Crippen LogP) is 1.29. The van der Waals surface area contributed by atoms with Gasteiger partial charge in [0.15, 0.2) is 0 Å². The van der Waals surface area contributed by atoms with Crippen molar-refractivity contribution in [2.24, 2.45) is 0 Å². The van der Waals surface area contributed by atoms with E-state index in [0.717, 1.165) is 51.6 Å². The maximum Gasteiger partial charge on any atom is 0.122 e. The molecule has 4 nitrogen and oxygen atoms in total. The average Bonchev–Trinajstić information content (AvgIpc) is 2.46. The summed E-state index contributed by atoms with van der Waals surface area (Å²) in [6.07, 6.45) is 0. The monoisotopic (exact) mass is 278 g/mol. The van der Waals surface area contributed by atoms with Crippen molar-refractivity contribution in [2.45, 2.75) is 13.8 Å². The molecule has 1 fully saturated rings. The molecule has 0 saturated carbocycles. The molecule has 0 amide bonds. The highest BCUT2D eigenvalue weighted by Gasteiger charge is 2.15. The zero-order valence-corrected chi connectivity index (χ0v) is 12.6. The molecule has 0 aliphatic carbocycles. The van der Waals surface area contributed by atoms with Crippen molar-refractivity contribution in [3.05, 3.63) is 29.3 Å². The van der Waals surface area contributed by atoms with Gasteiger partial charge in [-0.25, -0.2) is 0 Å². The fraction of sp³-hybridized carbons (Fsp3) is 0.625. The molecule has 0 radical (unpaired) electrons. The van der Waals surface area contributed by atoms with E-state index in [0.29, 0.717) is 0 Å². The lowest BCUT2D eigenvalue weighted by Crippen LogP contribution is -2.48. The van der Waals surface area contributed by atoms with E-state index in [-0.39, 0.29) is 6.61 Å². The molecule has 0 aromatic heterocycles. The first kappa shape index (κ1) is 15.3. The van der Waals surface area contributed by atoms with Crippen molar-refractivity contribution >= 4 is 0 Å². The molecule has 0 spiro atoms. The molecule has 1 aliphatic rings. The van der Waals surface area contributed by atoms with Gasteiger partial charge < -0.3 is 9.84 Å². The minimum absolute atomic E-state index is 0.260. The van der Waals surface area contributed by atoms with Crippen LogP contribution < -0.4 is 4.74 Å². The Kier molecular flexibility index (Phi) is 5.83. The molecule has 1 heterocycles. The summed E-state index contributed by atoms with van der Waals surface area (Å²) in [6, 6.07) is 6.20. The summed E-state index contributed by atoms with van der Waals surface area (Å²) in [5.74, 6) is 1.00. The molecule has 0 atom stereocenters. The lowest BCUT2D eigenvalue weighted by atomic mass is 10.1. The molecule has 112 valence electrons. The number of hydrogen-bond donors (Lipinski definition) is 1. The van der Waals surface area contributed by atoms with Gasteiger partial charge in [0.2, 0.25) is 0 Å². The van der Waals surface area contributed by atoms with Crippen LogP contribution in [0.15, 0.2) is 18.2 Å². The molecule has 1 N–H and O–H groups in total. The molecule has 2 rings (SSSR count). The second-order valence-corrected chi connectivity index (χ2v) is 5.45. The Bertz CT molecular complexity index is 415. The number of aliphatic hydroxyl groups is 1. The van der Waals surface area contributed by atoms with Crippen molar-refractivity contribution in [3.8, 4) is 5.75 Å².